The maximum Gasteiger partial charge on any atom is 0.438 e. The van der Waals surface area contributed by atoms with Crippen molar-refractivity contribution < 1.29 is 48.8 Å². The van der Waals surface area contributed by atoms with Crippen LogP contribution >= 0.6 is 0 Å². The first kappa shape index (κ1) is 19.0. The second-order valence-electron chi connectivity index (χ2n) is 4.95. The lowest BCUT2D eigenvalue weighted by atomic mass is 10.0. The lowest BCUT2D eigenvalue weighted by Gasteiger charge is -2.36. The average Bonchev–Trinajstić information content (AvgIpc) is 2.75. The minimum Gasteiger partial charge on any atom is -0.438 e. The lowest BCUT2D eigenvalue weighted by Crippen LogP contribution is -2.63. The van der Waals surface area contributed by atoms with E-state index in [-0.39, 0.29) is 12.8 Å². The van der Waals surface area contributed by atoms with Gasteiger partial charge in [-0.05, 0) is 12.8 Å². The number of esters is 1. The molecule has 0 unspecified atom stereocenters. The number of carbonyl (C=O) groups excluding carboxylic acids is 1. The molecule has 0 radical (unpaired) electrons. The van der Waals surface area contributed by atoms with E-state index in [2.05, 4.69) is 4.74 Å². The molecule has 5 nitrogen and oxygen atoms in total. The third kappa shape index (κ3) is 4.03. The minimum absolute atomic E-state index is 0.0521. The van der Waals surface area contributed by atoms with Gasteiger partial charge in [0.15, 0.2) is 0 Å². The van der Waals surface area contributed by atoms with Crippen LogP contribution in [0.25, 0.3) is 0 Å². The average molecular weight is 358 g/mol. The number of carbonyl (C=O) groups is 1. The molecule has 1 aliphatic carbocycles. The van der Waals surface area contributed by atoms with Crippen LogP contribution in [-0.2, 0) is 19.6 Å². The lowest BCUT2D eigenvalue weighted by molar-refractivity contribution is -0.362. The summed E-state index contributed by atoms with van der Waals surface area (Å²) in [5.74, 6) is -5.79. The van der Waals surface area contributed by atoms with Crippen molar-refractivity contribution in [3.8, 4) is 0 Å². The van der Waals surface area contributed by atoms with Crippen molar-refractivity contribution in [1.29, 1.82) is 0 Å². The predicted octanol–water partition coefficient (Wildman–Crippen LogP) is 2.47. The Morgan fingerprint density at radius 1 is 1.05 bits per heavy atom. The van der Waals surface area contributed by atoms with Crippen molar-refractivity contribution in [3.63, 3.8) is 0 Å². The Hall–Kier alpha value is -1.04. The molecule has 0 aromatic rings. The van der Waals surface area contributed by atoms with Gasteiger partial charge in [-0.1, -0.05) is 12.8 Å². The van der Waals surface area contributed by atoms with Crippen LogP contribution in [-0.4, -0.2) is 42.6 Å². The third-order valence-electron chi connectivity index (χ3n) is 3.26. The molecular formula is C10H12F6O5S. The fourth-order valence-corrected chi connectivity index (χ4v) is 3.04. The van der Waals surface area contributed by atoms with Crippen molar-refractivity contribution in [2.24, 2.45) is 5.92 Å². The molecule has 0 aromatic carbocycles. The zero-order valence-electron chi connectivity index (χ0n) is 10.9. The van der Waals surface area contributed by atoms with E-state index in [1.807, 2.05) is 0 Å². The molecule has 12 heteroatoms. The number of hydrogen-bond donors (Lipinski definition) is 1. The van der Waals surface area contributed by atoms with Gasteiger partial charge in [-0.3, -0.25) is 9.35 Å². The first-order valence-electron chi connectivity index (χ1n) is 6.01. The van der Waals surface area contributed by atoms with E-state index < -0.39 is 45.7 Å². The summed E-state index contributed by atoms with van der Waals surface area (Å²) in [6, 6.07) is 0. The quantitative estimate of drug-likeness (QED) is 0.474. The molecule has 1 fully saturated rings. The Labute approximate surface area is 121 Å². The van der Waals surface area contributed by atoms with Gasteiger partial charge in [0.2, 0.25) is 0 Å². The van der Waals surface area contributed by atoms with Gasteiger partial charge in [0.1, 0.15) is 5.75 Å². The summed E-state index contributed by atoms with van der Waals surface area (Å²) in [5, 5.41) is 0. The zero-order chi connectivity index (χ0) is 17.4. The van der Waals surface area contributed by atoms with Crippen LogP contribution in [0.4, 0.5) is 26.3 Å². The molecule has 0 amide bonds. The van der Waals surface area contributed by atoms with Crippen LogP contribution in [0.3, 0.4) is 0 Å². The minimum atomic E-state index is -6.27. The largest absolute Gasteiger partial charge is 0.438 e. The maximum absolute atomic E-state index is 12.9. The molecule has 0 aliphatic heterocycles. The van der Waals surface area contributed by atoms with E-state index in [0.29, 0.717) is 12.8 Å². The van der Waals surface area contributed by atoms with Gasteiger partial charge < -0.3 is 4.74 Å². The monoisotopic (exact) mass is 358 g/mol. The Morgan fingerprint density at radius 2 is 1.45 bits per heavy atom. The number of alkyl halides is 6. The standard InChI is InChI=1S/C10H12F6O5S/c11-9(12,13)8(10(14,15)16,5-22(18,19)20)21-7(17)6-3-1-2-4-6/h6H,1-5H2,(H,18,19,20). The van der Waals surface area contributed by atoms with Gasteiger partial charge in [-0.25, -0.2) is 0 Å². The molecule has 0 spiro atoms. The molecule has 1 aliphatic rings. The second-order valence-corrected chi connectivity index (χ2v) is 6.40. The Bertz CT molecular complexity index is 503. The van der Waals surface area contributed by atoms with E-state index in [9.17, 15) is 39.6 Å². The highest BCUT2D eigenvalue weighted by atomic mass is 32.2. The van der Waals surface area contributed by atoms with Gasteiger partial charge in [0, 0.05) is 0 Å². The van der Waals surface area contributed by atoms with Crippen LogP contribution in [0.1, 0.15) is 25.7 Å². The van der Waals surface area contributed by atoms with Gasteiger partial charge in [0.05, 0.1) is 5.92 Å². The van der Waals surface area contributed by atoms with Crippen molar-refractivity contribution in [1.82, 2.24) is 0 Å². The summed E-state index contributed by atoms with van der Waals surface area (Å²) in [7, 11) is -5.73. The summed E-state index contributed by atoms with van der Waals surface area (Å²) in [6.07, 6.45) is -11.6. The molecule has 0 saturated heterocycles. The number of halogens is 6. The molecule has 0 atom stereocenters. The summed E-state index contributed by atoms with van der Waals surface area (Å²) in [4.78, 5) is 11.5. The number of ether oxygens (including phenoxy) is 1. The van der Waals surface area contributed by atoms with Crippen molar-refractivity contribution in [3.05, 3.63) is 0 Å². The third-order valence-corrected chi connectivity index (χ3v) is 4.04. The Morgan fingerprint density at radius 3 is 1.77 bits per heavy atom. The van der Waals surface area contributed by atoms with Gasteiger partial charge in [-0.2, -0.15) is 34.8 Å². The molecule has 0 bridgehead atoms. The molecular weight excluding hydrogens is 346 g/mol. The summed E-state index contributed by atoms with van der Waals surface area (Å²) >= 11 is 0. The van der Waals surface area contributed by atoms with E-state index >= 15 is 0 Å². The van der Waals surface area contributed by atoms with E-state index in [4.69, 9.17) is 4.55 Å². The molecule has 1 saturated carbocycles. The zero-order valence-corrected chi connectivity index (χ0v) is 11.7. The molecule has 0 aromatic heterocycles. The summed E-state index contributed by atoms with van der Waals surface area (Å²) in [5.41, 5.74) is -5.30. The normalized spacial score (nSPS) is 18.5. The summed E-state index contributed by atoms with van der Waals surface area (Å²) in [6.45, 7) is 0. The van der Waals surface area contributed by atoms with Gasteiger partial charge in [0.25, 0.3) is 10.1 Å². The highest BCUT2D eigenvalue weighted by Gasteiger charge is 2.76. The topological polar surface area (TPSA) is 80.7 Å². The molecule has 0 heterocycles. The molecule has 22 heavy (non-hydrogen) atoms. The molecule has 1 rings (SSSR count). The van der Waals surface area contributed by atoms with Crippen molar-refractivity contribution >= 4 is 16.1 Å². The second kappa shape index (κ2) is 5.87. The highest BCUT2D eigenvalue weighted by molar-refractivity contribution is 7.85. The number of rotatable bonds is 4. The Balaban J connectivity index is 3.27. The predicted molar refractivity (Wildman–Crippen MR) is 59.3 cm³/mol. The van der Waals surface area contributed by atoms with E-state index in [0.717, 1.165) is 0 Å². The summed E-state index contributed by atoms with van der Waals surface area (Å²) < 4.78 is 111. The fraction of sp³-hybridized carbons (Fsp3) is 0.900. The van der Waals surface area contributed by atoms with Gasteiger partial charge >= 0.3 is 23.9 Å². The first-order valence-corrected chi connectivity index (χ1v) is 7.62. The van der Waals surface area contributed by atoms with Crippen molar-refractivity contribution in [2.75, 3.05) is 5.75 Å². The SMILES string of the molecule is O=C(OC(CS(=O)(=O)O)(C(F)(F)F)C(F)(F)F)C1CCCC1. The molecule has 1 N–H and O–H groups in total. The van der Waals surface area contributed by atoms with Gasteiger partial charge in [-0.15, -0.1) is 0 Å². The Kier molecular flexibility index (Phi) is 5.07. The van der Waals surface area contributed by atoms with Crippen LogP contribution in [0, 0.1) is 5.92 Å². The highest BCUT2D eigenvalue weighted by Crippen LogP contribution is 2.47. The van der Waals surface area contributed by atoms with Crippen LogP contribution in [0.15, 0.2) is 0 Å². The van der Waals surface area contributed by atoms with Crippen molar-refractivity contribution in [2.45, 2.75) is 43.6 Å². The fourth-order valence-electron chi connectivity index (χ4n) is 2.14. The maximum atomic E-state index is 12.9. The van der Waals surface area contributed by atoms with Crippen LogP contribution in [0.5, 0.6) is 0 Å². The van der Waals surface area contributed by atoms with Crippen LogP contribution < -0.4 is 0 Å². The van der Waals surface area contributed by atoms with Crippen LogP contribution in [0.2, 0.25) is 0 Å². The first-order chi connectivity index (χ1) is 9.70. The smallest absolute Gasteiger partial charge is 0.438 e. The molecule has 130 valence electrons. The number of hydrogen-bond acceptors (Lipinski definition) is 4. The van der Waals surface area contributed by atoms with E-state index in [1.54, 1.807) is 0 Å². The van der Waals surface area contributed by atoms with E-state index in [1.165, 1.54) is 0 Å².